The highest BCUT2D eigenvalue weighted by Crippen LogP contribution is 2.12. The Bertz CT molecular complexity index is 545. The molecule has 0 saturated carbocycles. The van der Waals surface area contributed by atoms with Crippen molar-refractivity contribution < 1.29 is 13.2 Å². The molecule has 0 bridgehead atoms. The molecule has 1 aromatic rings. The molecule has 0 radical (unpaired) electrons. The topological polar surface area (TPSA) is 58.6 Å². The van der Waals surface area contributed by atoms with E-state index in [2.05, 4.69) is 28.7 Å². The Morgan fingerprint density at radius 2 is 2.15 bits per heavy atom. The van der Waals surface area contributed by atoms with Gasteiger partial charge in [0.1, 0.15) is 0 Å². The molecule has 1 heterocycles. The standard InChI is InChI=1S/C14H22N2O3S/c1-12-10-16(6-7-19-12)11-14-5-3-4-13(8-14)9-15-20(2,17)18/h3-5,8,12,15H,6-7,9-11H2,1-2H3. The minimum absolute atomic E-state index is 0.277. The summed E-state index contributed by atoms with van der Waals surface area (Å²) >= 11 is 0. The second-order valence-electron chi connectivity index (χ2n) is 5.33. The summed E-state index contributed by atoms with van der Waals surface area (Å²) < 4.78 is 30.3. The van der Waals surface area contributed by atoms with Crippen LogP contribution >= 0.6 is 0 Å². The van der Waals surface area contributed by atoms with E-state index in [1.807, 2.05) is 12.1 Å². The first-order chi connectivity index (χ1) is 9.42. The van der Waals surface area contributed by atoms with Crippen molar-refractivity contribution in [2.24, 2.45) is 0 Å². The molecule has 112 valence electrons. The number of hydrogen-bond donors (Lipinski definition) is 1. The molecule has 2 rings (SSSR count). The van der Waals surface area contributed by atoms with Crippen LogP contribution in [0.3, 0.4) is 0 Å². The van der Waals surface area contributed by atoms with Crippen molar-refractivity contribution in [2.75, 3.05) is 26.0 Å². The maximum atomic E-state index is 11.1. The third-order valence-corrected chi connectivity index (χ3v) is 3.93. The van der Waals surface area contributed by atoms with Gasteiger partial charge in [-0.3, -0.25) is 4.90 Å². The molecule has 20 heavy (non-hydrogen) atoms. The van der Waals surface area contributed by atoms with Gasteiger partial charge in [0.05, 0.1) is 19.0 Å². The fraction of sp³-hybridized carbons (Fsp3) is 0.571. The van der Waals surface area contributed by atoms with Crippen LogP contribution in [-0.2, 0) is 27.8 Å². The van der Waals surface area contributed by atoms with Gasteiger partial charge < -0.3 is 4.74 Å². The van der Waals surface area contributed by atoms with Crippen LogP contribution in [0.25, 0.3) is 0 Å². The lowest BCUT2D eigenvalue weighted by Crippen LogP contribution is -2.40. The molecule has 0 amide bonds. The van der Waals surface area contributed by atoms with Crippen molar-refractivity contribution in [1.82, 2.24) is 9.62 Å². The first-order valence-corrected chi connectivity index (χ1v) is 8.68. The summed E-state index contributed by atoms with van der Waals surface area (Å²) in [5, 5.41) is 0. The van der Waals surface area contributed by atoms with E-state index in [4.69, 9.17) is 4.74 Å². The number of nitrogens with one attached hydrogen (secondary N) is 1. The third kappa shape index (κ3) is 5.20. The summed E-state index contributed by atoms with van der Waals surface area (Å²) in [4.78, 5) is 2.36. The number of benzene rings is 1. The lowest BCUT2D eigenvalue weighted by Gasteiger charge is -2.31. The van der Waals surface area contributed by atoms with Gasteiger partial charge in [0.2, 0.25) is 10.0 Å². The predicted octanol–water partition coefficient (Wildman–Crippen LogP) is 0.957. The van der Waals surface area contributed by atoms with E-state index < -0.39 is 10.0 Å². The lowest BCUT2D eigenvalue weighted by atomic mass is 10.1. The Balaban J connectivity index is 1.95. The van der Waals surface area contributed by atoms with Crippen LogP contribution in [0.2, 0.25) is 0 Å². The highest BCUT2D eigenvalue weighted by Gasteiger charge is 2.16. The minimum atomic E-state index is -3.15. The Kier molecular flexibility index (Phi) is 5.15. The summed E-state index contributed by atoms with van der Waals surface area (Å²) in [5.74, 6) is 0. The van der Waals surface area contributed by atoms with Crippen molar-refractivity contribution in [2.45, 2.75) is 26.1 Å². The Hall–Kier alpha value is -0.950. The number of morpholine rings is 1. The second kappa shape index (κ2) is 6.67. The molecule has 1 N–H and O–H groups in total. The predicted molar refractivity (Wildman–Crippen MR) is 78.8 cm³/mol. The van der Waals surface area contributed by atoms with Gasteiger partial charge in [-0.25, -0.2) is 13.1 Å². The van der Waals surface area contributed by atoms with E-state index in [-0.39, 0.29) is 6.10 Å². The molecular weight excluding hydrogens is 276 g/mol. The first kappa shape index (κ1) is 15.4. The molecular formula is C14H22N2O3S. The van der Waals surface area contributed by atoms with Gasteiger partial charge in [0.15, 0.2) is 0 Å². The zero-order valence-corrected chi connectivity index (χ0v) is 12.8. The van der Waals surface area contributed by atoms with Crippen molar-refractivity contribution in [3.8, 4) is 0 Å². The molecule has 6 heteroatoms. The second-order valence-corrected chi connectivity index (χ2v) is 7.16. The molecule has 1 aromatic carbocycles. The number of nitrogens with zero attached hydrogens (tertiary/aromatic N) is 1. The highest BCUT2D eigenvalue weighted by molar-refractivity contribution is 7.88. The van der Waals surface area contributed by atoms with E-state index in [0.717, 1.165) is 31.8 Å². The minimum Gasteiger partial charge on any atom is -0.376 e. The number of sulfonamides is 1. The van der Waals surface area contributed by atoms with Gasteiger partial charge in [0, 0.05) is 26.2 Å². The molecule has 0 aliphatic carbocycles. The van der Waals surface area contributed by atoms with Gasteiger partial charge >= 0.3 is 0 Å². The molecule has 0 aromatic heterocycles. The van der Waals surface area contributed by atoms with Gasteiger partial charge in [0.25, 0.3) is 0 Å². The average Bonchev–Trinajstić information content (AvgIpc) is 2.36. The van der Waals surface area contributed by atoms with Crippen LogP contribution in [0.5, 0.6) is 0 Å². The highest BCUT2D eigenvalue weighted by atomic mass is 32.2. The van der Waals surface area contributed by atoms with Crippen LogP contribution in [0, 0.1) is 0 Å². The smallest absolute Gasteiger partial charge is 0.209 e. The summed E-state index contributed by atoms with van der Waals surface area (Å²) in [5.41, 5.74) is 2.18. The number of rotatable bonds is 5. The molecule has 0 spiro atoms. The van der Waals surface area contributed by atoms with Gasteiger partial charge in [-0.15, -0.1) is 0 Å². The number of ether oxygens (including phenoxy) is 1. The molecule has 1 saturated heterocycles. The van der Waals surface area contributed by atoms with Crippen LogP contribution in [0.15, 0.2) is 24.3 Å². The van der Waals surface area contributed by atoms with E-state index in [1.165, 1.54) is 11.8 Å². The zero-order chi connectivity index (χ0) is 14.6. The van der Waals surface area contributed by atoms with Gasteiger partial charge in [-0.2, -0.15) is 0 Å². The lowest BCUT2D eigenvalue weighted by molar-refractivity contribution is -0.0212. The van der Waals surface area contributed by atoms with E-state index in [0.29, 0.717) is 6.54 Å². The van der Waals surface area contributed by atoms with Crippen LogP contribution in [0.1, 0.15) is 18.1 Å². The molecule has 5 nitrogen and oxygen atoms in total. The molecule has 1 aliphatic heterocycles. The quantitative estimate of drug-likeness (QED) is 0.879. The molecule has 1 fully saturated rings. The van der Waals surface area contributed by atoms with Gasteiger partial charge in [-0.1, -0.05) is 24.3 Å². The first-order valence-electron chi connectivity index (χ1n) is 6.79. The molecule has 1 aliphatic rings. The normalized spacial score (nSPS) is 21.0. The van der Waals surface area contributed by atoms with E-state index in [9.17, 15) is 8.42 Å². The van der Waals surface area contributed by atoms with E-state index >= 15 is 0 Å². The van der Waals surface area contributed by atoms with Crippen LogP contribution < -0.4 is 4.72 Å². The number of hydrogen-bond acceptors (Lipinski definition) is 4. The Labute approximate surface area is 121 Å². The monoisotopic (exact) mass is 298 g/mol. The fourth-order valence-electron chi connectivity index (χ4n) is 2.34. The van der Waals surface area contributed by atoms with Crippen LogP contribution in [0.4, 0.5) is 0 Å². The zero-order valence-electron chi connectivity index (χ0n) is 12.0. The largest absolute Gasteiger partial charge is 0.376 e. The fourth-order valence-corrected chi connectivity index (χ4v) is 2.77. The average molecular weight is 298 g/mol. The summed E-state index contributed by atoms with van der Waals surface area (Å²) in [6.07, 6.45) is 1.45. The van der Waals surface area contributed by atoms with Crippen LogP contribution in [-0.4, -0.2) is 45.4 Å². The van der Waals surface area contributed by atoms with Crippen molar-refractivity contribution in [1.29, 1.82) is 0 Å². The SMILES string of the molecule is CC1CN(Cc2cccc(CNS(C)(=O)=O)c2)CCO1. The molecule has 1 atom stereocenters. The Morgan fingerprint density at radius 3 is 2.85 bits per heavy atom. The van der Waals surface area contributed by atoms with Crippen molar-refractivity contribution in [3.63, 3.8) is 0 Å². The van der Waals surface area contributed by atoms with E-state index in [1.54, 1.807) is 0 Å². The van der Waals surface area contributed by atoms with Gasteiger partial charge in [-0.05, 0) is 18.1 Å². The summed E-state index contributed by atoms with van der Waals surface area (Å²) in [6.45, 7) is 5.95. The van der Waals surface area contributed by atoms with Crippen molar-refractivity contribution in [3.05, 3.63) is 35.4 Å². The third-order valence-electron chi connectivity index (χ3n) is 3.26. The Morgan fingerprint density at radius 1 is 1.40 bits per heavy atom. The summed E-state index contributed by atoms with van der Waals surface area (Å²) in [6, 6.07) is 8.03. The van der Waals surface area contributed by atoms with Crippen molar-refractivity contribution >= 4 is 10.0 Å². The maximum absolute atomic E-state index is 11.1. The summed E-state index contributed by atoms with van der Waals surface area (Å²) in [7, 11) is -3.15. The maximum Gasteiger partial charge on any atom is 0.209 e. The molecule has 1 unspecified atom stereocenters.